The molecule has 0 saturated heterocycles. The van der Waals surface area contributed by atoms with Crippen molar-refractivity contribution in [3.8, 4) is 5.75 Å². The van der Waals surface area contributed by atoms with Crippen molar-refractivity contribution in [1.82, 2.24) is 0 Å². The van der Waals surface area contributed by atoms with Crippen LogP contribution in [0.1, 0.15) is 29.8 Å². The number of ether oxygens (including phenoxy) is 1. The van der Waals surface area contributed by atoms with Gasteiger partial charge in [0, 0.05) is 5.56 Å². The van der Waals surface area contributed by atoms with Gasteiger partial charge in [-0.2, -0.15) is 0 Å². The molecule has 0 N–H and O–H groups in total. The number of carbonyl (C=O) groups is 2. The number of Topliss-reactive ketones (excluding diaryl/α,β-unsaturated/α-hetero) is 1. The molecule has 0 unspecified atom stereocenters. The summed E-state index contributed by atoms with van der Waals surface area (Å²) in [5.74, 6) is -1.56. The van der Waals surface area contributed by atoms with Crippen LogP contribution in [0.3, 0.4) is 0 Å². The van der Waals surface area contributed by atoms with Crippen molar-refractivity contribution in [3.05, 3.63) is 65.2 Å². The lowest BCUT2D eigenvalue weighted by molar-refractivity contribution is -0.137. The van der Waals surface area contributed by atoms with Crippen molar-refractivity contribution in [1.29, 1.82) is 0 Å². The zero-order valence-electron chi connectivity index (χ0n) is 15.0. The lowest BCUT2D eigenvalue weighted by Gasteiger charge is -2.07. The van der Waals surface area contributed by atoms with Gasteiger partial charge in [-0.1, -0.05) is 43.7 Å². The number of hydrogen-bond donors (Lipinski definition) is 0. The third kappa shape index (κ3) is 4.55. The second kappa shape index (κ2) is 8.07. The minimum absolute atomic E-state index is 0.0828. The minimum atomic E-state index is -4.36. The number of rotatable bonds is 5. The van der Waals surface area contributed by atoms with Gasteiger partial charge >= 0.3 is 11.0 Å². The Labute approximate surface area is 157 Å². The number of nitrogens with zero attached hydrogens (tertiary/aromatic N) is 2. The smallest absolute Gasteiger partial charge is 0.426 e. The van der Waals surface area contributed by atoms with Crippen molar-refractivity contribution in [3.63, 3.8) is 0 Å². The van der Waals surface area contributed by atoms with E-state index in [2.05, 4.69) is 4.79 Å². The fraction of sp³-hybridized carbons (Fsp3) is 0.211. The Bertz CT molecular complexity index is 1020. The van der Waals surface area contributed by atoms with Gasteiger partial charge in [0.1, 0.15) is 5.75 Å². The molecule has 0 aliphatic rings. The first-order chi connectivity index (χ1) is 12.7. The third-order valence-corrected chi connectivity index (χ3v) is 5.35. The van der Waals surface area contributed by atoms with E-state index in [4.69, 9.17) is 10.3 Å². The van der Waals surface area contributed by atoms with Gasteiger partial charge in [0.25, 0.3) is 15.6 Å². The molecule has 0 fully saturated rings. The zero-order chi connectivity index (χ0) is 20.2. The first kappa shape index (κ1) is 20.2. The molecule has 0 aliphatic heterocycles. The van der Waals surface area contributed by atoms with Crippen molar-refractivity contribution < 1.29 is 27.5 Å². The summed E-state index contributed by atoms with van der Waals surface area (Å²) in [7, 11) is -4.36. The van der Waals surface area contributed by atoms with Crippen LogP contribution in [0.4, 0.5) is 0 Å². The Morgan fingerprint density at radius 2 is 1.56 bits per heavy atom. The summed E-state index contributed by atoms with van der Waals surface area (Å²) in [6.45, 7) is 5.16. The van der Waals surface area contributed by atoms with E-state index in [9.17, 15) is 18.0 Å². The van der Waals surface area contributed by atoms with Gasteiger partial charge in [0.05, 0.1) is 10.8 Å². The van der Waals surface area contributed by atoms with Crippen molar-refractivity contribution in [2.24, 2.45) is 5.92 Å². The van der Waals surface area contributed by atoms with Crippen molar-refractivity contribution >= 4 is 26.6 Å². The number of aryl methyl sites for hydroxylation is 1. The largest absolute Gasteiger partial charge is 0.456 e. The monoisotopic (exact) mass is 386 g/mol. The average Bonchev–Trinajstić information content (AvgIpc) is 2.63. The number of carbonyl (C=O) groups excluding carboxylic acids is 2. The zero-order valence-corrected chi connectivity index (χ0v) is 15.9. The minimum Gasteiger partial charge on any atom is -0.426 e. The molecule has 27 heavy (non-hydrogen) atoms. The molecule has 2 rings (SSSR count). The molecule has 0 aliphatic carbocycles. The van der Waals surface area contributed by atoms with Crippen LogP contribution in [-0.2, 0) is 14.6 Å². The van der Waals surface area contributed by atoms with Crippen LogP contribution in [0.15, 0.2) is 53.4 Å². The number of sulfone groups is 1. The van der Waals surface area contributed by atoms with E-state index < -0.39 is 26.6 Å². The molecule has 2 aromatic carbocycles. The molecular weight excluding hydrogens is 368 g/mol. The predicted molar refractivity (Wildman–Crippen MR) is 98.2 cm³/mol. The van der Waals surface area contributed by atoms with Crippen LogP contribution in [0.25, 0.3) is 5.53 Å². The Kier molecular flexibility index (Phi) is 6.05. The molecular formula is C19H18N2O5S. The predicted octanol–water partition coefficient (Wildman–Crippen LogP) is 2.84. The van der Waals surface area contributed by atoms with E-state index in [1.165, 1.54) is 36.4 Å². The molecule has 140 valence electrons. The van der Waals surface area contributed by atoms with Crippen LogP contribution < -0.4 is 4.74 Å². The van der Waals surface area contributed by atoms with Crippen LogP contribution in [-0.4, -0.2) is 30.0 Å². The second-order valence-electron chi connectivity index (χ2n) is 6.15. The maximum Gasteiger partial charge on any atom is 0.456 e. The lowest BCUT2D eigenvalue weighted by atomic mass is 10.1. The van der Waals surface area contributed by atoms with Gasteiger partial charge in [0.15, 0.2) is 0 Å². The van der Waals surface area contributed by atoms with E-state index in [-0.39, 0.29) is 22.1 Å². The molecule has 7 nitrogen and oxygen atoms in total. The summed E-state index contributed by atoms with van der Waals surface area (Å²) in [6.07, 6.45) is 0. The van der Waals surface area contributed by atoms with Gasteiger partial charge in [0.2, 0.25) is 0 Å². The Hall–Kier alpha value is -3.09. The summed E-state index contributed by atoms with van der Waals surface area (Å²) in [5, 5.41) is -0.988. The quantitative estimate of drug-likeness (QED) is 0.149. The standard InChI is InChI=1S/C19H18N2O5S/c1-12(2)19(23)26-15-8-10-16(11-9-15)27(24,25)18(21-20)17(22)14-6-4-13(3)5-7-14/h4-12H,1-3H3. The molecule has 8 heteroatoms. The summed E-state index contributed by atoms with van der Waals surface area (Å²) < 4.78 is 30.4. The summed E-state index contributed by atoms with van der Waals surface area (Å²) in [6, 6.07) is 11.1. The Morgan fingerprint density at radius 1 is 1.00 bits per heavy atom. The number of hydrogen-bond acceptors (Lipinski definition) is 5. The SMILES string of the molecule is Cc1ccc(C(=O)C(=[N+]=[N-])S(=O)(=O)c2ccc(OC(=O)C(C)C)cc2)cc1. The molecule has 0 bridgehead atoms. The highest BCUT2D eigenvalue weighted by Crippen LogP contribution is 2.20. The first-order valence-corrected chi connectivity index (χ1v) is 9.55. The molecule has 0 atom stereocenters. The van der Waals surface area contributed by atoms with Gasteiger partial charge in [-0.15, -0.1) is 4.79 Å². The summed E-state index contributed by atoms with van der Waals surface area (Å²) in [4.78, 5) is 26.5. The van der Waals surface area contributed by atoms with E-state index in [0.717, 1.165) is 5.56 Å². The highest BCUT2D eigenvalue weighted by atomic mass is 32.2. The third-order valence-electron chi connectivity index (χ3n) is 3.68. The van der Waals surface area contributed by atoms with Gasteiger partial charge in [-0.25, -0.2) is 8.42 Å². The van der Waals surface area contributed by atoms with E-state index in [1.54, 1.807) is 26.0 Å². The number of benzene rings is 2. The lowest BCUT2D eigenvalue weighted by Crippen LogP contribution is -2.26. The van der Waals surface area contributed by atoms with Crippen LogP contribution in [0, 0.1) is 12.8 Å². The van der Waals surface area contributed by atoms with E-state index in [0.29, 0.717) is 0 Å². The van der Waals surface area contributed by atoms with Crippen LogP contribution in [0.2, 0.25) is 0 Å². The molecule has 0 radical (unpaired) electrons. The molecule has 0 heterocycles. The first-order valence-electron chi connectivity index (χ1n) is 8.07. The Balaban J connectivity index is 2.32. The van der Waals surface area contributed by atoms with Crippen molar-refractivity contribution in [2.45, 2.75) is 25.7 Å². The fourth-order valence-corrected chi connectivity index (χ4v) is 3.27. The molecule has 2 aromatic rings. The van der Waals surface area contributed by atoms with Gasteiger partial charge in [-0.3, -0.25) is 9.59 Å². The van der Waals surface area contributed by atoms with Crippen molar-refractivity contribution in [2.75, 3.05) is 0 Å². The van der Waals surface area contributed by atoms with Crippen LogP contribution >= 0.6 is 0 Å². The van der Waals surface area contributed by atoms with E-state index in [1.807, 2.05) is 6.92 Å². The van der Waals surface area contributed by atoms with E-state index >= 15 is 0 Å². The maximum atomic E-state index is 12.7. The molecule has 0 saturated carbocycles. The summed E-state index contributed by atoms with van der Waals surface area (Å²) >= 11 is 0. The topological polar surface area (TPSA) is 114 Å². The summed E-state index contributed by atoms with van der Waals surface area (Å²) in [5.41, 5.74) is 10.1. The average molecular weight is 386 g/mol. The Morgan fingerprint density at radius 3 is 2.04 bits per heavy atom. The number of ketones is 1. The molecule has 0 spiro atoms. The number of esters is 1. The van der Waals surface area contributed by atoms with Crippen LogP contribution in [0.5, 0.6) is 5.75 Å². The fourth-order valence-electron chi connectivity index (χ4n) is 2.08. The normalized spacial score (nSPS) is 11.0. The van der Waals surface area contributed by atoms with Gasteiger partial charge < -0.3 is 10.3 Å². The molecule has 0 aromatic heterocycles. The maximum absolute atomic E-state index is 12.7. The highest BCUT2D eigenvalue weighted by molar-refractivity contribution is 8.08. The molecule has 0 amide bonds. The highest BCUT2D eigenvalue weighted by Gasteiger charge is 2.38. The second-order valence-corrected chi connectivity index (χ2v) is 8.02. The van der Waals surface area contributed by atoms with Gasteiger partial charge in [-0.05, 0) is 31.2 Å².